The lowest BCUT2D eigenvalue weighted by molar-refractivity contribution is -0.162. The molecule has 0 unspecified atom stereocenters. The highest BCUT2D eigenvalue weighted by molar-refractivity contribution is 6.02. The molecule has 108 valence electrons. The number of carbonyl (C=O) groups is 2. The number of hydrogen-bond donors (Lipinski definition) is 2. The number of carboxylic acid groups (broad SMARTS) is 1. The van der Waals surface area contributed by atoms with E-state index >= 15 is 0 Å². The number of benzene rings is 1. The van der Waals surface area contributed by atoms with Gasteiger partial charge in [-0.05, 0) is 37.5 Å². The van der Waals surface area contributed by atoms with Crippen molar-refractivity contribution in [3.8, 4) is 5.75 Å². The first kappa shape index (κ1) is 14.4. The summed E-state index contributed by atoms with van der Waals surface area (Å²) in [6.07, 6.45) is 1.64. The molecule has 0 aliphatic heterocycles. The van der Waals surface area contributed by atoms with E-state index in [0.717, 1.165) is 17.7 Å². The first-order valence-corrected chi connectivity index (χ1v) is 6.76. The summed E-state index contributed by atoms with van der Waals surface area (Å²) < 4.78 is 5.50. The molecule has 1 aliphatic carbocycles. The Balaban J connectivity index is 1.76. The number of hydrogen-bond acceptors (Lipinski definition) is 3. The van der Waals surface area contributed by atoms with E-state index in [2.05, 4.69) is 5.32 Å². The largest absolute Gasteiger partial charge is 0.492 e. The molecule has 0 aromatic heterocycles. The quantitative estimate of drug-likeness (QED) is 0.613. The van der Waals surface area contributed by atoms with Gasteiger partial charge in [0.1, 0.15) is 17.8 Å². The summed E-state index contributed by atoms with van der Waals surface area (Å²) >= 11 is 0. The second kappa shape index (κ2) is 5.94. The molecule has 0 heterocycles. The fourth-order valence-corrected chi connectivity index (χ4v) is 2.28. The summed E-state index contributed by atoms with van der Waals surface area (Å²) in [5.41, 5.74) is -0.102. The molecule has 2 rings (SSSR count). The number of amides is 1. The van der Waals surface area contributed by atoms with Gasteiger partial charge in [-0.25, -0.2) is 0 Å². The average molecular weight is 277 g/mol. The second-order valence-electron chi connectivity index (χ2n) is 5.16. The third-order valence-electron chi connectivity index (χ3n) is 3.70. The van der Waals surface area contributed by atoms with Crippen molar-refractivity contribution in [3.63, 3.8) is 0 Å². The van der Waals surface area contributed by atoms with E-state index in [4.69, 9.17) is 9.84 Å². The number of carbonyl (C=O) groups excluding carboxylic acids is 1. The molecule has 0 saturated heterocycles. The SMILES string of the molecule is Cc1cccc(OCCNC(=O)C2(C(=O)O)CCC2)c1. The van der Waals surface area contributed by atoms with E-state index in [1.54, 1.807) is 0 Å². The minimum Gasteiger partial charge on any atom is -0.492 e. The van der Waals surface area contributed by atoms with Crippen LogP contribution in [-0.2, 0) is 9.59 Å². The van der Waals surface area contributed by atoms with E-state index < -0.39 is 17.3 Å². The fraction of sp³-hybridized carbons (Fsp3) is 0.467. The first-order chi connectivity index (χ1) is 9.54. The van der Waals surface area contributed by atoms with E-state index in [9.17, 15) is 9.59 Å². The van der Waals surface area contributed by atoms with Crippen LogP contribution < -0.4 is 10.1 Å². The van der Waals surface area contributed by atoms with Crippen molar-refractivity contribution in [1.82, 2.24) is 5.32 Å². The Morgan fingerprint density at radius 2 is 2.15 bits per heavy atom. The van der Waals surface area contributed by atoms with Gasteiger partial charge < -0.3 is 15.2 Å². The summed E-state index contributed by atoms with van der Waals surface area (Å²) in [5.74, 6) is -0.680. The van der Waals surface area contributed by atoms with Crippen LogP contribution in [0.4, 0.5) is 0 Å². The predicted molar refractivity (Wildman–Crippen MR) is 73.6 cm³/mol. The Morgan fingerprint density at radius 1 is 1.40 bits per heavy atom. The third-order valence-corrected chi connectivity index (χ3v) is 3.70. The Kier molecular flexibility index (Phi) is 4.27. The zero-order valence-electron chi connectivity index (χ0n) is 11.5. The molecular formula is C15H19NO4. The minimum atomic E-state index is -1.21. The van der Waals surface area contributed by atoms with Gasteiger partial charge in [0.15, 0.2) is 0 Å². The molecule has 20 heavy (non-hydrogen) atoms. The third kappa shape index (κ3) is 2.92. The van der Waals surface area contributed by atoms with Crippen molar-refractivity contribution in [3.05, 3.63) is 29.8 Å². The van der Waals surface area contributed by atoms with E-state index in [0.29, 0.717) is 26.0 Å². The van der Waals surface area contributed by atoms with Crippen molar-refractivity contribution < 1.29 is 19.4 Å². The van der Waals surface area contributed by atoms with Gasteiger partial charge in [0.25, 0.3) is 0 Å². The second-order valence-corrected chi connectivity index (χ2v) is 5.16. The van der Waals surface area contributed by atoms with Crippen LogP contribution in [0.1, 0.15) is 24.8 Å². The number of rotatable bonds is 6. The van der Waals surface area contributed by atoms with Gasteiger partial charge in [0, 0.05) is 0 Å². The van der Waals surface area contributed by atoms with Crippen molar-refractivity contribution in [2.24, 2.45) is 5.41 Å². The number of ether oxygens (including phenoxy) is 1. The van der Waals surface area contributed by atoms with Gasteiger partial charge in [-0.15, -0.1) is 0 Å². The Hall–Kier alpha value is -2.04. The lowest BCUT2D eigenvalue weighted by atomic mass is 9.68. The average Bonchev–Trinajstić information content (AvgIpc) is 2.33. The number of aliphatic carboxylic acids is 1. The lowest BCUT2D eigenvalue weighted by Gasteiger charge is -2.35. The number of aryl methyl sites for hydroxylation is 1. The zero-order valence-corrected chi connectivity index (χ0v) is 11.5. The molecule has 0 spiro atoms. The van der Waals surface area contributed by atoms with E-state index in [1.165, 1.54) is 0 Å². The summed E-state index contributed by atoms with van der Waals surface area (Å²) in [6, 6.07) is 7.63. The Morgan fingerprint density at radius 3 is 2.70 bits per heavy atom. The molecule has 5 heteroatoms. The molecular weight excluding hydrogens is 258 g/mol. The molecule has 5 nitrogen and oxygen atoms in total. The van der Waals surface area contributed by atoms with E-state index in [1.807, 2.05) is 31.2 Å². The van der Waals surface area contributed by atoms with Crippen molar-refractivity contribution in [2.45, 2.75) is 26.2 Å². The van der Waals surface area contributed by atoms with Gasteiger partial charge >= 0.3 is 5.97 Å². The highest BCUT2D eigenvalue weighted by Crippen LogP contribution is 2.41. The van der Waals surface area contributed by atoms with Crippen LogP contribution in [0.2, 0.25) is 0 Å². The Bertz CT molecular complexity index is 508. The molecule has 1 aliphatic rings. The molecule has 1 amide bonds. The van der Waals surface area contributed by atoms with Crippen LogP contribution in [0.5, 0.6) is 5.75 Å². The molecule has 0 atom stereocenters. The highest BCUT2D eigenvalue weighted by atomic mass is 16.5. The van der Waals surface area contributed by atoms with Crippen LogP contribution >= 0.6 is 0 Å². The van der Waals surface area contributed by atoms with Crippen molar-refractivity contribution in [2.75, 3.05) is 13.2 Å². The molecule has 1 saturated carbocycles. The number of nitrogens with one attached hydrogen (secondary N) is 1. The van der Waals surface area contributed by atoms with Gasteiger partial charge in [0.2, 0.25) is 5.91 Å². The lowest BCUT2D eigenvalue weighted by Crippen LogP contribution is -2.51. The topological polar surface area (TPSA) is 75.6 Å². The van der Waals surface area contributed by atoms with Crippen LogP contribution in [0, 0.1) is 12.3 Å². The maximum absolute atomic E-state index is 11.9. The summed E-state index contributed by atoms with van der Waals surface area (Å²) in [6.45, 7) is 2.61. The molecule has 1 aromatic rings. The summed E-state index contributed by atoms with van der Waals surface area (Å²) in [4.78, 5) is 23.1. The van der Waals surface area contributed by atoms with Crippen LogP contribution in [0.25, 0.3) is 0 Å². The van der Waals surface area contributed by atoms with Crippen molar-refractivity contribution in [1.29, 1.82) is 0 Å². The highest BCUT2D eigenvalue weighted by Gasteiger charge is 2.50. The normalized spacial score (nSPS) is 16.1. The molecule has 2 N–H and O–H groups in total. The van der Waals surface area contributed by atoms with Gasteiger partial charge in [-0.1, -0.05) is 18.6 Å². The van der Waals surface area contributed by atoms with Crippen LogP contribution in [0.3, 0.4) is 0 Å². The molecule has 1 aromatic carbocycles. The van der Waals surface area contributed by atoms with Crippen molar-refractivity contribution >= 4 is 11.9 Å². The van der Waals surface area contributed by atoms with Gasteiger partial charge in [0.05, 0.1) is 6.54 Å². The van der Waals surface area contributed by atoms with Gasteiger partial charge in [-0.3, -0.25) is 9.59 Å². The predicted octanol–water partition coefficient (Wildman–Crippen LogP) is 1.74. The first-order valence-electron chi connectivity index (χ1n) is 6.76. The zero-order chi connectivity index (χ0) is 14.6. The Labute approximate surface area is 117 Å². The minimum absolute atomic E-state index is 0.307. The molecule has 0 radical (unpaired) electrons. The smallest absolute Gasteiger partial charge is 0.319 e. The van der Waals surface area contributed by atoms with Crippen LogP contribution in [0.15, 0.2) is 24.3 Å². The standard InChI is InChI=1S/C15H19NO4/c1-11-4-2-5-12(10-11)20-9-8-16-13(17)15(14(18)19)6-3-7-15/h2,4-5,10H,3,6-9H2,1H3,(H,16,17)(H,18,19). The van der Waals surface area contributed by atoms with Gasteiger partial charge in [-0.2, -0.15) is 0 Å². The molecule has 0 bridgehead atoms. The monoisotopic (exact) mass is 277 g/mol. The van der Waals surface area contributed by atoms with Crippen LogP contribution in [-0.4, -0.2) is 30.1 Å². The maximum Gasteiger partial charge on any atom is 0.319 e. The number of carboxylic acids is 1. The summed E-state index contributed by atoms with van der Waals surface area (Å²) in [7, 11) is 0. The van der Waals surface area contributed by atoms with E-state index in [-0.39, 0.29) is 0 Å². The maximum atomic E-state index is 11.9. The summed E-state index contributed by atoms with van der Waals surface area (Å²) in [5, 5.41) is 11.8. The fourth-order valence-electron chi connectivity index (χ4n) is 2.28. The molecule has 1 fully saturated rings.